The molecule has 7 nitrogen and oxygen atoms in total. The highest BCUT2D eigenvalue weighted by molar-refractivity contribution is 6.04. The minimum absolute atomic E-state index is 0.347. The second kappa shape index (κ2) is 9.73. The van der Waals surface area contributed by atoms with Crippen molar-refractivity contribution in [2.75, 3.05) is 27.4 Å². The maximum atomic E-state index is 12.5. The van der Waals surface area contributed by atoms with Gasteiger partial charge in [0.25, 0.3) is 5.91 Å². The number of methoxy groups -OCH3 is 2. The Morgan fingerprint density at radius 1 is 1.00 bits per heavy atom. The van der Waals surface area contributed by atoms with Crippen LogP contribution in [0.3, 0.4) is 0 Å². The minimum atomic E-state index is -0.549. The topological polar surface area (TPSA) is 86.8 Å². The smallest absolute Gasteiger partial charge is 0.339 e. The summed E-state index contributed by atoms with van der Waals surface area (Å²) in [5, 5.41) is 3.45. The third-order valence-electron chi connectivity index (χ3n) is 4.58. The first-order chi connectivity index (χ1) is 14.5. The van der Waals surface area contributed by atoms with Crippen LogP contribution >= 0.6 is 0 Å². The molecule has 1 N–H and O–H groups in total. The number of esters is 1. The highest BCUT2D eigenvalue weighted by Gasteiger charge is 2.15. The summed E-state index contributed by atoms with van der Waals surface area (Å²) in [6.07, 6.45) is 0.605. The summed E-state index contributed by atoms with van der Waals surface area (Å²) in [6.45, 7) is 1.87. The van der Waals surface area contributed by atoms with Gasteiger partial charge in [0.05, 0.1) is 25.3 Å². The molecule has 0 aliphatic rings. The van der Waals surface area contributed by atoms with Crippen molar-refractivity contribution in [2.24, 2.45) is 0 Å². The SMILES string of the molecule is COc1ccc(CCNC(=O)COC(=O)c2cc(C)nc3ccccc23)cc1OC. The number of amides is 1. The molecule has 1 heterocycles. The highest BCUT2D eigenvalue weighted by Crippen LogP contribution is 2.27. The Hall–Kier alpha value is -3.61. The number of nitrogens with one attached hydrogen (secondary N) is 1. The predicted molar refractivity (Wildman–Crippen MR) is 113 cm³/mol. The Morgan fingerprint density at radius 3 is 2.53 bits per heavy atom. The molecule has 3 rings (SSSR count). The van der Waals surface area contributed by atoms with E-state index in [9.17, 15) is 9.59 Å². The van der Waals surface area contributed by atoms with Crippen LogP contribution in [0.4, 0.5) is 0 Å². The largest absolute Gasteiger partial charge is 0.493 e. The minimum Gasteiger partial charge on any atom is -0.493 e. The van der Waals surface area contributed by atoms with Crippen LogP contribution in [0.2, 0.25) is 0 Å². The average molecular weight is 408 g/mol. The van der Waals surface area contributed by atoms with Gasteiger partial charge in [-0.1, -0.05) is 24.3 Å². The molecule has 0 aliphatic heterocycles. The Bertz CT molecular complexity index is 1060. The average Bonchev–Trinajstić information content (AvgIpc) is 2.76. The lowest BCUT2D eigenvalue weighted by molar-refractivity contribution is -0.124. The third-order valence-corrected chi connectivity index (χ3v) is 4.58. The van der Waals surface area contributed by atoms with Gasteiger partial charge < -0.3 is 19.5 Å². The molecular weight excluding hydrogens is 384 g/mol. The van der Waals surface area contributed by atoms with Gasteiger partial charge in [-0.05, 0) is 43.2 Å². The van der Waals surface area contributed by atoms with Crippen molar-refractivity contribution in [3.8, 4) is 11.5 Å². The summed E-state index contributed by atoms with van der Waals surface area (Å²) in [5.74, 6) is 0.372. The van der Waals surface area contributed by atoms with Gasteiger partial charge in [0.15, 0.2) is 18.1 Å². The van der Waals surface area contributed by atoms with E-state index in [2.05, 4.69) is 10.3 Å². The number of fused-ring (bicyclic) bond motifs is 1. The van der Waals surface area contributed by atoms with E-state index in [4.69, 9.17) is 14.2 Å². The van der Waals surface area contributed by atoms with Gasteiger partial charge in [-0.25, -0.2) is 4.79 Å². The molecule has 0 radical (unpaired) electrons. The number of benzene rings is 2. The van der Waals surface area contributed by atoms with Crippen LogP contribution in [0.15, 0.2) is 48.5 Å². The fraction of sp³-hybridized carbons (Fsp3) is 0.261. The number of hydrogen-bond donors (Lipinski definition) is 1. The predicted octanol–water partition coefficient (Wildman–Crippen LogP) is 3.08. The van der Waals surface area contributed by atoms with Gasteiger partial charge in [-0.15, -0.1) is 0 Å². The van der Waals surface area contributed by atoms with Crippen molar-refractivity contribution in [1.29, 1.82) is 0 Å². The molecule has 7 heteroatoms. The van der Waals surface area contributed by atoms with E-state index >= 15 is 0 Å². The molecule has 3 aromatic rings. The molecule has 0 spiro atoms. The van der Waals surface area contributed by atoms with E-state index in [1.165, 1.54) is 0 Å². The van der Waals surface area contributed by atoms with Crippen LogP contribution in [0.5, 0.6) is 11.5 Å². The molecule has 30 heavy (non-hydrogen) atoms. The number of ether oxygens (including phenoxy) is 3. The van der Waals surface area contributed by atoms with Crippen LogP contribution in [0.25, 0.3) is 10.9 Å². The summed E-state index contributed by atoms with van der Waals surface area (Å²) in [4.78, 5) is 29.0. The first kappa shape index (κ1) is 21.1. The summed E-state index contributed by atoms with van der Waals surface area (Å²) in [5.41, 5.74) is 2.81. The molecular formula is C23H24N2O5. The molecule has 0 fully saturated rings. The molecule has 0 unspecified atom stereocenters. The van der Waals surface area contributed by atoms with E-state index in [1.807, 2.05) is 49.4 Å². The van der Waals surface area contributed by atoms with E-state index in [0.29, 0.717) is 46.6 Å². The molecule has 0 atom stereocenters. The summed E-state index contributed by atoms with van der Waals surface area (Å²) < 4.78 is 15.7. The lowest BCUT2D eigenvalue weighted by Gasteiger charge is -2.11. The maximum absolute atomic E-state index is 12.5. The lowest BCUT2D eigenvalue weighted by Crippen LogP contribution is -2.30. The molecule has 2 aromatic carbocycles. The number of carbonyl (C=O) groups excluding carboxylic acids is 2. The molecule has 0 aliphatic carbocycles. The number of hydrogen-bond acceptors (Lipinski definition) is 6. The first-order valence-electron chi connectivity index (χ1n) is 9.53. The number of rotatable bonds is 8. The Kier molecular flexibility index (Phi) is 6.85. The van der Waals surface area contributed by atoms with E-state index in [0.717, 1.165) is 5.56 Å². The Balaban J connectivity index is 1.52. The fourth-order valence-corrected chi connectivity index (χ4v) is 3.12. The lowest BCUT2D eigenvalue weighted by atomic mass is 10.1. The number of aryl methyl sites for hydroxylation is 1. The van der Waals surface area contributed by atoms with Crippen molar-refractivity contribution in [1.82, 2.24) is 10.3 Å². The van der Waals surface area contributed by atoms with E-state index < -0.39 is 5.97 Å². The number of pyridine rings is 1. The molecule has 1 amide bonds. The summed E-state index contributed by atoms with van der Waals surface area (Å²) in [6, 6.07) is 14.6. The van der Waals surface area contributed by atoms with Gasteiger partial charge in [0.2, 0.25) is 0 Å². The van der Waals surface area contributed by atoms with Crippen LogP contribution < -0.4 is 14.8 Å². The quantitative estimate of drug-likeness (QED) is 0.577. The van der Waals surface area contributed by atoms with Crippen LogP contribution in [0.1, 0.15) is 21.6 Å². The molecule has 156 valence electrons. The zero-order valence-corrected chi connectivity index (χ0v) is 17.2. The molecule has 0 saturated heterocycles. The molecule has 1 aromatic heterocycles. The number of para-hydroxylation sites is 1. The second-order valence-corrected chi connectivity index (χ2v) is 6.69. The highest BCUT2D eigenvalue weighted by atomic mass is 16.5. The zero-order chi connectivity index (χ0) is 21.5. The van der Waals surface area contributed by atoms with Crippen molar-refractivity contribution in [3.63, 3.8) is 0 Å². The van der Waals surface area contributed by atoms with Crippen molar-refractivity contribution >= 4 is 22.8 Å². The van der Waals surface area contributed by atoms with Crippen molar-refractivity contribution < 1.29 is 23.8 Å². The van der Waals surface area contributed by atoms with E-state index in [-0.39, 0.29) is 12.5 Å². The van der Waals surface area contributed by atoms with Crippen molar-refractivity contribution in [2.45, 2.75) is 13.3 Å². The van der Waals surface area contributed by atoms with Crippen LogP contribution in [-0.4, -0.2) is 44.2 Å². The fourth-order valence-electron chi connectivity index (χ4n) is 3.12. The number of nitrogens with zero attached hydrogens (tertiary/aromatic N) is 1. The summed E-state index contributed by atoms with van der Waals surface area (Å²) in [7, 11) is 3.15. The number of aromatic nitrogens is 1. The van der Waals surface area contributed by atoms with Gasteiger partial charge in [-0.3, -0.25) is 9.78 Å². The number of carbonyl (C=O) groups is 2. The monoisotopic (exact) mass is 408 g/mol. The molecule has 0 bridgehead atoms. The van der Waals surface area contributed by atoms with E-state index in [1.54, 1.807) is 20.3 Å². The van der Waals surface area contributed by atoms with Crippen LogP contribution in [-0.2, 0) is 16.0 Å². The van der Waals surface area contributed by atoms with Gasteiger partial charge in [0, 0.05) is 17.6 Å². The van der Waals surface area contributed by atoms with Gasteiger partial charge in [0.1, 0.15) is 0 Å². The molecule has 0 saturated carbocycles. The zero-order valence-electron chi connectivity index (χ0n) is 17.2. The Labute approximate surface area is 175 Å². The Morgan fingerprint density at radius 2 is 1.77 bits per heavy atom. The standard InChI is InChI=1S/C23H24N2O5/c1-15-12-18(17-6-4-5-7-19(17)25-15)23(27)30-14-22(26)24-11-10-16-8-9-20(28-2)21(13-16)29-3/h4-9,12-13H,10-11,14H2,1-3H3,(H,24,26). The van der Waals surface area contributed by atoms with Gasteiger partial charge >= 0.3 is 5.97 Å². The second-order valence-electron chi connectivity index (χ2n) is 6.69. The normalized spacial score (nSPS) is 10.5. The van der Waals surface area contributed by atoms with Crippen LogP contribution in [0, 0.1) is 6.92 Å². The van der Waals surface area contributed by atoms with Crippen molar-refractivity contribution in [3.05, 3.63) is 65.4 Å². The maximum Gasteiger partial charge on any atom is 0.339 e. The van der Waals surface area contributed by atoms with Gasteiger partial charge in [-0.2, -0.15) is 0 Å². The summed E-state index contributed by atoms with van der Waals surface area (Å²) >= 11 is 0. The first-order valence-corrected chi connectivity index (χ1v) is 9.53. The third kappa shape index (κ3) is 5.05.